The lowest BCUT2D eigenvalue weighted by Crippen LogP contribution is -2.39. The first-order chi connectivity index (χ1) is 11.6. The van der Waals surface area contributed by atoms with Crippen LogP contribution in [0.2, 0.25) is 0 Å². The summed E-state index contributed by atoms with van der Waals surface area (Å²) in [6, 6.07) is 7.83. The summed E-state index contributed by atoms with van der Waals surface area (Å²) in [6.07, 6.45) is 6.07. The van der Waals surface area contributed by atoms with Crippen LogP contribution in [0, 0.1) is 12.8 Å². The van der Waals surface area contributed by atoms with E-state index in [1.807, 2.05) is 0 Å². The molecule has 1 aliphatic carbocycles. The average Bonchev–Trinajstić information content (AvgIpc) is 3.16. The molecule has 2 heterocycles. The summed E-state index contributed by atoms with van der Waals surface area (Å²) in [6.45, 7) is 8.08. The van der Waals surface area contributed by atoms with E-state index in [0.29, 0.717) is 6.04 Å². The summed E-state index contributed by atoms with van der Waals surface area (Å²) in [5.74, 6) is 0.443. The van der Waals surface area contributed by atoms with Crippen LogP contribution >= 0.6 is 0 Å². The number of nitrogens with one attached hydrogen (secondary N) is 1. The van der Waals surface area contributed by atoms with Gasteiger partial charge in [-0.1, -0.05) is 0 Å². The molecule has 3 aliphatic rings. The van der Waals surface area contributed by atoms with Gasteiger partial charge in [-0.3, -0.25) is 9.69 Å². The van der Waals surface area contributed by atoms with E-state index in [1.54, 1.807) is 0 Å². The summed E-state index contributed by atoms with van der Waals surface area (Å²) < 4.78 is 0. The van der Waals surface area contributed by atoms with Gasteiger partial charge >= 0.3 is 0 Å². The lowest BCUT2D eigenvalue weighted by atomic mass is 10.1. The van der Waals surface area contributed by atoms with Gasteiger partial charge in [-0.2, -0.15) is 0 Å². The van der Waals surface area contributed by atoms with Gasteiger partial charge in [-0.15, -0.1) is 0 Å². The fourth-order valence-electron chi connectivity index (χ4n) is 4.41. The maximum absolute atomic E-state index is 11.9. The molecule has 0 spiro atoms. The summed E-state index contributed by atoms with van der Waals surface area (Å²) >= 11 is 0. The summed E-state index contributed by atoms with van der Waals surface area (Å²) in [7, 11) is 0. The highest BCUT2D eigenvalue weighted by molar-refractivity contribution is 5.94. The number of nitrogens with zero attached hydrogens (tertiary/aromatic N) is 2. The standard InChI is InChI=1S/C20H29N3O/c1-14-12-17(21-20(24)16-5-6-16)7-8-19(14)22-11-9-18(13-22)23-10-3-4-15(23)2/h7-8,12,15-16,18H,3-6,9-11,13H2,1-2H3,(H,21,24). The monoisotopic (exact) mass is 327 g/mol. The Morgan fingerprint density at radius 1 is 1.17 bits per heavy atom. The number of aryl methyl sites for hydroxylation is 1. The number of anilines is 2. The van der Waals surface area contributed by atoms with Crippen molar-refractivity contribution < 1.29 is 4.79 Å². The number of benzene rings is 1. The van der Waals surface area contributed by atoms with E-state index in [4.69, 9.17) is 0 Å². The third kappa shape index (κ3) is 3.16. The molecule has 1 amide bonds. The van der Waals surface area contributed by atoms with E-state index in [0.717, 1.165) is 37.7 Å². The van der Waals surface area contributed by atoms with Crippen molar-refractivity contribution in [3.8, 4) is 0 Å². The van der Waals surface area contributed by atoms with Gasteiger partial charge in [0, 0.05) is 42.5 Å². The van der Waals surface area contributed by atoms with Crippen LogP contribution in [0.25, 0.3) is 0 Å². The molecule has 0 aromatic heterocycles. The molecule has 2 aliphatic heterocycles. The van der Waals surface area contributed by atoms with E-state index in [-0.39, 0.29) is 11.8 Å². The van der Waals surface area contributed by atoms with Gasteiger partial charge in [0.05, 0.1) is 0 Å². The first-order valence-corrected chi connectivity index (χ1v) is 9.54. The van der Waals surface area contributed by atoms with Crippen molar-refractivity contribution in [2.45, 2.75) is 58.0 Å². The van der Waals surface area contributed by atoms with Gasteiger partial charge in [0.15, 0.2) is 0 Å². The maximum atomic E-state index is 11.9. The molecule has 1 aromatic carbocycles. The predicted octanol–water partition coefficient (Wildman–Crippen LogP) is 3.41. The summed E-state index contributed by atoms with van der Waals surface area (Å²) in [5, 5.41) is 3.06. The highest BCUT2D eigenvalue weighted by Crippen LogP contribution is 2.33. The molecule has 1 aromatic rings. The zero-order valence-corrected chi connectivity index (χ0v) is 14.9. The fraction of sp³-hybridized carbons (Fsp3) is 0.650. The average molecular weight is 327 g/mol. The van der Waals surface area contributed by atoms with Crippen LogP contribution < -0.4 is 10.2 Å². The molecule has 1 N–H and O–H groups in total. The third-order valence-electron chi connectivity index (χ3n) is 5.99. The molecule has 2 atom stereocenters. The van der Waals surface area contributed by atoms with Crippen LogP contribution in [-0.2, 0) is 4.79 Å². The number of carbonyl (C=O) groups excluding carboxylic acids is 1. The van der Waals surface area contributed by atoms with E-state index in [2.05, 4.69) is 47.2 Å². The van der Waals surface area contributed by atoms with E-state index >= 15 is 0 Å². The highest BCUT2D eigenvalue weighted by atomic mass is 16.2. The first-order valence-electron chi connectivity index (χ1n) is 9.54. The molecule has 2 saturated heterocycles. The number of amides is 1. The molecule has 4 heteroatoms. The molecule has 2 unspecified atom stereocenters. The van der Waals surface area contributed by atoms with Gasteiger partial charge < -0.3 is 10.2 Å². The van der Waals surface area contributed by atoms with Crippen LogP contribution in [0.3, 0.4) is 0 Å². The van der Waals surface area contributed by atoms with E-state index in [1.165, 1.54) is 37.1 Å². The van der Waals surface area contributed by atoms with Crippen LogP contribution in [-0.4, -0.2) is 42.5 Å². The van der Waals surface area contributed by atoms with Crippen LogP contribution in [0.5, 0.6) is 0 Å². The Morgan fingerprint density at radius 3 is 2.67 bits per heavy atom. The number of rotatable bonds is 4. The summed E-state index contributed by atoms with van der Waals surface area (Å²) in [5.41, 5.74) is 3.53. The lowest BCUT2D eigenvalue weighted by Gasteiger charge is -2.29. The Morgan fingerprint density at radius 2 is 2.00 bits per heavy atom. The molecular weight excluding hydrogens is 298 g/mol. The molecule has 0 bridgehead atoms. The van der Waals surface area contributed by atoms with Crippen LogP contribution in [0.15, 0.2) is 18.2 Å². The zero-order valence-electron chi connectivity index (χ0n) is 14.9. The Balaban J connectivity index is 1.41. The molecule has 1 saturated carbocycles. The SMILES string of the molecule is Cc1cc(NC(=O)C2CC2)ccc1N1CCC(N2CCCC2C)C1. The van der Waals surface area contributed by atoms with Crippen molar-refractivity contribution >= 4 is 17.3 Å². The van der Waals surface area contributed by atoms with Crippen molar-refractivity contribution in [3.63, 3.8) is 0 Å². The van der Waals surface area contributed by atoms with Gasteiger partial charge in [0.2, 0.25) is 5.91 Å². The van der Waals surface area contributed by atoms with Crippen LogP contribution in [0.1, 0.15) is 44.6 Å². The Bertz CT molecular complexity index is 625. The van der Waals surface area contributed by atoms with Crippen LogP contribution in [0.4, 0.5) is 11.4 Å². The van der Waals surface area contributed by atoms with Crippen molar-refractivity contribution in [2.75, 3.05) is 29.9 Å². The Kier molecular flexibility index (Phi) is 4.25. The smallest absolute Gasteiger partial charge is 0.227 e. The minimum absolute atomic E-state index is 0.186. The number of likely N-dealkylation sites (tertiary alicyclic amines) is 1. The second-order valence-electron chi connectivity index (χ2n) is 7.88. The van der Waals surface area contributed by atoms with Gasteiger partial charge in [0.1, 0.15) is 0 Å². The second-order valence-corrected chi connectivity index (χ2v) is 7.88. The minimum Gasteiger partial charge on any atom is -0.370 e. The number of hydrogen-bond donors (Lipinski definition) is 1. The molecular formula is C20H29N3O. The topological polar surface area (TPSA) is 35.6 Å². The Hall–Kier alpha value is -1.55. The molecule has 4 nitrogen and oxygen atoms in total. The number of carbonyl (C=O) groups is 1. The van der Waals surface area contributed by atoms with Crippen molar-refractivity contribution in [1.29, 1.82) is 0 Å². The highest BCUT2D eigenvalue weighted by Gasteiger charge is 2.33. The number of hydrogen-bond acceptors (Lipinski definition) is 3. The maximum Gasteiger partial charge on any atom is 0.227 e. The van der Waals surface area contributed by atoms with Gasteiger partial charge in [-0.05, 0) is 76.3 Å². The first kappa shape index (κ1) is 15.9. The zero-order chi connectivity index (χ0) is 16.7. The predicted molar refractivity (Wildman–Crippen MR) is 98.6 cm³/mol. The van der Waals surface area contributed by atoms with Crippen molar-refractivity contribution in [2.24, 2.45) is 5.92 Å². The van der Waals surface area contributed by atoms with Crippen molar-refractivity contribution in [1.82, 2.24) is 4.90 Å². The largest absolute Gasteiger partial charge is 0.370 e. The Labute approximate surface area is 145 Å². The summed E-state index contributed by atoms with van der Waals surface area (Å²) in [4.78, 5) is 17.2. The molecule has 3 fully saturated rings. The van der Waals surface area contributed by atoms with E-state index in [9.17, 15) is 4.79 Å². The molecule has 4 rings (SSSR count). The molecule has 24 heavy (non-hydrogen) atoms. The van der Waals surface area contributed by atoms with Gasteiger partial charge in [-0.25, -0.2) is 0 Å². The fourth-order valence-corrected chi connectivity index (χ4v) is 4.41. The molecule has 130 valence electrons. The van der Waals surface area contributed by atoms with Gasteiger partial charge in [0.25, 0.3) is 0 Å². The molecule has 0 radical (unpaired) electrons. The van der Waals surface area contributed by atoms with Crippen molar-refractivity contribution in [3.05, 3.63) is 23.8 Å². The lowest BCUT2D eigenvalue weighted by molar-refractivity contribution is -0.117. The normalized spacial score (nSPS) is 27.7. The third-order valence-corrected chi connectivity index (χ3v) is 5.99. The quantitative estimate of drug-likeness (QED) is 0.920. The minimum atomic E-state index is 0.186. The second kappa shape index (κ2) is 6.40. The van der Waals surface area contributed by atoms with E-state index < -0.39 is 0 Å².